The average molecular weight is 238 g/mol. The van der Waals surface area contributed by atoms with Gasteiger partial charge in [0, 0.05) is 17.1 Å². The Labute approximate surface area is 101 Å². The van der Waals surface area contributed by atoms with Gasteiger partial charge in [0.05, 0.1) is 5.60 Å². The number of aliphatic hydroxyl groups is 1. The highest BCUT2D eigenvalue weighted by atomic mass is 35.5. The van der Waals surface area contributed by atoms with Crippen LogP contribution in [-0.2, 0) is 5.60 Å². The monoisotopic (exact) mass is 237 g/mol. The first-order valence-corrected chi connectivity index (χ1v) is 6.28. The highest BCUT2D eigenvalue weighted by Crippen LogP contribution is 2.40. The van der Waals surface area contributed by atoms with E-state index in [0.29, 0.717) is 17.1 Å². The van der Waals surface area contributed by atoms with Gasteiger partial charge in [0.2, 0.25) is 0 Å². The summed E-state index contributed by atoms with van der Waals surface area (Å²) in [4.78, 5) is 0. The Hall–Kier alpha value is -0.570. The van der Waals surface area contributed by atoms with Crippen molar-refractivity contribution in [1.82, 2.24) is 5.32 Å². The second kappa shape index (κ2) is 3.73. The van der Waals surface area contributed by atoms with Gasteiger partial charge in [-0.15, -0.1) is 0 Å². The van der Waals surface area contributed by atoms with E-state index < -0.39 is 5.60 Å². The molecular weight excluding hydrogens is 222 g/mol. The maximum absolute atomic E-state index is 10.7. The molecule has 2 aliphatic heterocycles. The molecule has 2 bridgehead atoms. The Morgan fingerprint density at radius 2 is 1.94 bits per heavy atom. The Kier molecular flexibility index (Phi) is 2.46. The molecule has 0 aliphatic carbocycles. The summed E-state index contributed by atoms with van der Waals surface area (Å²) in [5, 5.41) is 15.0. The highest BCUT2D eigenvalue weighted by molar-refractivity contribution is 6.30. The summed E-state index contributed by atoms with van der Waals surface area (Å²) in [6.07, 6.45) is 3.99. The third kappa shape index (κ3) is 1.75. The quantitative estimate of drug-likeness (QED) is 0.787. The van der Waals surface area contributed by atoms with Gasteiger partial charge >= 0.3 is 0 Å². The Bertz CT molecular complexity index is 395. The van der Waals surface area contributed by atoms with Crippen molar-refractivity contribution < 1.29 is 5.11 Å². The molecule has 0 saturated carbocycles. The van der Waals surface area contributed by atoms with Crippen molar-refractivity contribution in [2.24, 2.45) is 0 Å². The van der Waals surface area contributed by atoms with E-state index in [4.69, 9.17) is 11.6 Å². The molecule has 1 aromatic rings. The Balaban J connectivity index is 1.93. The first-order valence-electron chi connectivity index (χ1n) is 5.90. The molecule has 86 valence electrons. The topological polar surface area (TPSA) is 32.3 Å². The fourth-order valence-corrected chi connectivity index (χ4v) is 3.33. The third-order valence-electron chi connectivity index (χ3n) is 3.87. The van der Waals surface area contributed by atoms with Crippen molar-refractivity contribution in [2.75, 3.05) is 0 Å². The molecule has 0 amide bonds. The van der Waals surface area contributed by atoms with Crippen molar-refractivity contribution >= 4 is 11.6 Å². The van der Waals surface area contributed by atoms with Crippen molar-refractivity contribution in [3.05, 3.63) is 34.9 Å². The zero-order chi connectivity index (χ0) is 11.2. The lowest BCUT2D eigenvalue weighted by molar-refractivity contribution is -0.0114. The first-order chi connectivity index (χ1) is 7.66. The average Bonchev–Trinajstić information content (AvgIpc) is 2.59. The third-order valence-corrected chi connectivity index (χ3v) is 4.10. The normalized spacial score (nSPS) is 37.6. The molecule has 3 rings (SSSR count). The van der Waals surface area contributed by atoms with Gasteiger partial charge in [-0.1, -0.05) is 23.7 Å². The lowest BCUT2D eigenvalue weighted by Crippen LogP contribution is -2.46. The summed E-state index contributed by atoms with van der Waals surface area (Å²) in [5.74, 6) is 0. The summed E-state index contributed by atoms with van der Waals surface area (Å²) < 4.78 is 0. The fraction of sp³-hybridized carbons (Fsp3) is 0.538. The summed E-state index contributed by atoms with van der Waals surface area (Å²) in [6.45, 7) is 0. The van der Waals surface area contributed by atoms with E-state index in [1.54, 1.807) is 0 Å². The molecule has 2 heterocycles. The molecule has 1 aromatic carbocycles. The van der Waals surface area contributed by atoms with E-state index in [2.05, 4.69) is 5.32 Å². The SMILES string of the molecule is OC1(c2cccc(Cl)c2)CC2CCC(C1)N2. The number of nitrogens with one attached hydrogen (secondary N) is 1. The van der Waals surface area contributed by atoms with E-state index in [1.807, 2.05) is 24.3 Å². The van der Waals surface area contributed by atoms with E-state index in [-0.39, 0.29) is 0 Å². The van der Waals surface area contributed by atoms with Crippen molar-refractivity contribution in [2.45, 2.75) is 43.4 Å². The van der Waals surface area contributed by atoms with E-state index in [1.165, 1.54) is 12.8 Å². The molecule has 0 spiro atoms. The summed E-state index contributed by atoms with van der Waals surface area (Å²) in [7, 11) is 0. The Morgan fingerprint density at radius 1 is 1.25 bits per heavy atom. The largest absolute Gasteiger partial charge is 0.385 e. The molecule has 16 heavy (non-hydrogen) atoms. The molecule has 0 aromatic heterocycles. The minimum Gasteiger partial charge on any atom is -0.385 e. The fourth-order valence-electron chi connectivity index (χ4n) is 3.14. The number of piperidine rings is 1. The Morgan fingerprint density at radius 3 is 2.56 bits per heavy atom. The molecule has 2 atom stereocenters. The molecule has 3 heteroatoms. The van der Waals surface area contributed by atoms with Crippen LogP contribution < -0.4 is 5.32 Å². The molecule has 0 radical (unpaired) electrons. The number of hydrogen-bond donors (Lipinski definition) is 2. The smallest absolute Gasteiger partial charge is 0.0926 e. The van der Waals surface area contributed by atoms with E-state index >= 15 is 0 Å². The van der Waals surface area contributed by atoms with Crippen LogP contribution in [0.5, 0.6) is 0 Å². The molecule has 2 N–H and O–H groups in total. The maximum Gasteiger partial charge on any atom is 0.0926 e. The highest BCUT2D eigenvalue weighted by Gasteiger charge is 2.43. The zero-order valence-corrected chi connectivity index (χ0v) is 9.87. The van der Waals surface area contributed by atoms with Crippen LogP contribution in [0, 0.1) is 0 Å². The van der Waals surface area contributed by atoms with Gasteiger partial charge in [0.15, 0.2) is 0 Å². The van der Waals surface area contributed by atoms with Crippen LogP contribution in [0.15, 0.2) is 24.3 Å². The molecule has 2 nitrogen and oxygen atoms in total. The number of hydrogen-bond acceptors (Lipinski definition) is 2. The summed E-state index contributed by atoms with van der Waals surface area (Å²) in [5.41, 5.74) is 0.292. The van der Waals surface area contributed by atoms with Crippen LogP contribution in [0.1, 0.15) is 31.2 Å². The molecular formula is C13H16ClNO. The first kappa shape index (κ1) is 10.6. The minimum atomic E-state index is -0.679. The minimum absolute atomic E-state index is 0.475. The molecule has 2 fully saturated rings. The van der Waals surface area contributed by atoms with Crippen molar-refractivity contribution in [3.8, 4) is 0 Å². The molecule has 2 aliphatic rings. The second-order valence-corrected chi connectivity index (χ2v) is 5.52. The predicted octanol–water partition coefficient (Wildman–Crippen LogP) is 2.44. The van der Waals surface area contributed by atoms with Crippen LogP contribution in [0.3, 0.4) is 0 Å². The van der Waals surface area contributed by atoms with Gasteiger partial charge in [-0.25, -0.2) is 0 Å². The van der Waals surface area contributed by atoms with Crippen molar-refractivity contribution in [1.29, 1.82) is 0 Å². The summed E-state index contributed by atoms with van der Waals surface area (Å²) >= 11 is 5.99. The lowest BCUT2D eigenvalue weighted by Gasteiger charge is -2.37. The van der Waals surface area contributed by atoms with Crippen LogP contribution >= 0.6 is 11.6 Å². The van der Waals surface area contributed by atoms with Gasteiger partial charge in [-0.3, -0.25) is 0 Å². The standard InChI is InChI=1S/C13H16ClNO/c14-10-3-1-2-9(6-10)13(16)7-11-4-5-12(8-13)15-11/h1-3,6,11-12,15-16H,4-5,7-8H2. The number of rotatable bonds is 1. The number of halogens is 1. The number of benzene rings is 1. The van der Waals surface area contributed by atoms with Gasteiger partial charge in [0.25, 0.3) is 0 Å². The van der Waals surface area contributed by atoms with Crippen LogP contribution in [0.2, 0.25) is 5.02 Å². The van der Waals surface area contributed by atoms with Gasteiger partial charge in [-0.05, 0) is 43.4 Å². The van der Waals surface area contributed by atoms with Gasteiger partial charge in [-0.2, -0.15) is 0 Å². The molecule has 2 saturated heterocycles. The summed E-state index contributed by atoms with van der Waals surface area (Å²) in [6, 6.07) is 8.59. The van der Waals surface area contributed by atoms with E-state index in [0.717, 1.165) is 18.4 Å². The van der Waals surface area contributed by atoms with Crippen LogP contribution in [0.25, 0.3) is 0 Å². The lowest BCUT2D eigenvalue weighted by atomic mass is 9.81. The van der Waals surface area contributed by atoms with E-state index in [9.17, 15) is 5.11 Å². The zero-order valence-electron chi connectivity index (χ0n) is 9.12. The second-order valence-electron chi connectivity index (χ2n) is 5.09. The van der Waals surface area contributed by atoms with Crippen LogP contribution in [0.4, 0.5) is 0 Å². The maximum atomic E-state index is 10.7. The van der Waals surface area contributed by atoms with Gasteiger partial charge in [0.1, 0.15) is 0 Å². The molecule has 2 unspecified atom stereocenters. The van der Waals surface area contributed by atoms with Crippen molar-refractivity contribution in [3.63, 3.8) is 0 Å². The van der Waals surface area contributed by atoms with Crippen LogP contribution in [-0.4, -0.2) is 17.2 Å². The van der Waals surface area contributed by atoms with Gasteiger partial charge < -0.3 is 10.4 Å². The predicted molar refractivity (Wildman–Crippen MR) is 64.5 cm³/mol. The number of fused-ring (bicyclic) bond motifs is 2.